The fraction of sp³-hybridized carbons (Fsp3) is 0.281. The van der Waals surface area contributed by atoms with Crippen molar-refractivity contribution in [1.29, 1.82) is 0 Å². The van der Waals surface area contributed by atoms with Gasteiger partial charge in [-0.2, -0.15) is 0 Å². The van der Waals surface area contributed by atoms with Crippen LogP contribution in [0.4, 0.5) is 13.2 Å². The van der Waals surface area contributed by atoms with Crippen molar-refractivity contribution in [3.63, 3.8) is 0 Å². The molecule has 2 heterocycles. The molecule has 0 saturated heterocycles. The molecule has 0 spiro atoms. The predicted molar refractivity (Wildman–Crippen MR) is 149 cm³/mol. The van der Waals surface area contributed by atoms with Crippen LogP contribution in [0.1, 0.15) is 53.6 Å². The van der Waals surface area contributed by atoms with Crippen LogP contribution < -0.4 is 10.3 Å². The number of aliphatic hydroxyl groups excluding tert-OH is 1. The highest BCUT2D eigenvalue weighted by molar-refractivity contribution is 5.83. The normalized spacial score (nSPS) is 16.7. The minimum atomic E-state index is -4.82. The summed E-state index contributed by atoms with van der Waals surface area (Å²) >= 11 is 0. The summed E-state index contributed by atoms with van der Waals surface area (Å²) in [5.74, 6) is -0.314. The smallest absolute Gasteiger partial charge is 0.406 e. The van der Waals surface area contributed by atoms with E-state index in [1.165, 1.54) is 23.1 Å². The Morgan fingerprint density at radius 2 is 1.71 bits per heavy atom. The summed E-state index contributed by atoms with van der Waals surface area (Å²) in [5, 5.41) is 11.1. The SMILES string of the molecule is O=C(C(O)c1cccc(-c2cccc(OC(F)(F)F)c2)c1)N1CCCc2c(nc(C3(c4ccccc4)CC3)[nH]c2=O)C1. The van der Waals surface area contributed by atoms with E-state index in [9.17, 15) is 27.9 Å². The van der Waals surface area contributed by atoms with Crippen LogP contribution in [-0.2, 0) is 23.2 Å². The second kappa shape index (κ2) is 10.8. The van der Waals surface area contributed by atoms with Gasteiger partial charge in [-0.05, 0) is 66.1 Å². The number of carbonyl (C=O) groups excluding carboxylic acids is 1. The molecule has 216 valence electrons. The first-order valence-electron chi connectivity index (χ1n) is 13.7. The summed E-state index contributed by atoms with van der Waals surface area (Å²) in [6.07, 6.45) is -3.62. The minimum absolute atomic E-state index is 0.0868. The van der Waals surface area contributed by atoms with Gasteiger partial charge in [0.05, 0.1) is 17.7 Å². The summed E-state index contributed by atoms with van der Waals surface area (Å²) in [5.41, 5.74) is 2.87. The number of fused-ring (bicyclic) bond motifs is 1. The van der Waals surface area contributed by atoms with Gasteiger partial charge < -0.3 is 19.7 Å². The number of nitrogens with one attached hydrogen (secondary N) is 1. The Labute approximate surface area is 239 Å². The van der Waals surface area contributed by atoms with Gasteiger partial charge >= 0.3 is 6.36 Å². The van der Waals surface area contributed by atoms with Crippen molar-refractivity contribution in [2.75, 3.05) is 6.54 Å². The van der Waals surface area contributed by atoms with Crippen molar-refractivity contribution >= 4 is 5.91 Å². The van der Waals surface area contributed by atoms with Crippen LogP contribution in [0.5, 0.6) is 5.75 Å². The highest BCUT2D eigenvalue weighted by Crippen LogP contribution is 2.52. The number of alkyl halides is 3. The Hall–Kier alpha value is -4.44. The van der Waals surface area contributed by atoms with Crippen LogP contribution in [0.15, 0.2) is 83.7 Å². The summed E-state index contributed by atoms with van der Waals surface area (Å²) in [6.45, 7) is 0.422. The number of nitrogens with zero attached hydrogens (tertiary/aromatic N) is 2. The average molecular weight is 576 g/mol. The van der Waals surface area contributed by atoms with Crippen molar-refractivity contribution in [3.8, 4) is 16.9 Å². The molecule has 1 aromatic heterocycles. The maximum Gasteiger partial charge on any atom is 0.573 e. The fourth-order valence-electron chi connectivity index (χ4n) is 5.68. The molecule has 2 aliphatic rings. The first-order valence-corrected chi connectivity index (χ1v) is 13.7. The maximum absolute atomic E-state index is 13.5. The van der Waals surface area contributed by atoms with Crippen molar-refractivity contribution in [2.24, 2.45) is 0 Å². The Balaban J connectivity index is 1.24. The van der Waals surface area contributed by atoms with Crippen molar-refractivity contribution in [2.45, 2.75) is 50.1 Å². The van der Waals surface area contributed by atoms with Gasteiger partial charge in [0.2, 0.25) is 0 Å². The van der Waals surface area contributed by atoms with Crippen LogP contribution >= 0.6 is 0 Å². The van der Waals surface area contributed by atoms with E-state index in [1.54, 1.807) is 30.3 Å². The Morgan fingerprint density at radius 3 is 2.43 bits per heavy atom. The molecule has 0 radical (unpaired) electrons. The molecular formula is C32H28F3N3O4. The zero-order valence-corrected chi connectivity index (χ0v) is 22.5. The van der Waals surface area contributed by atoms with Gasteiger partial charge in [-0.15, -0.1) is 13.2 Å². The van der Waals surface area contributed by atoms with Crippen LogP contribution in [0.3, 0.4) is 0 Å². The van der Waals surface area contributed by atoms with E-state index in [0.717, 1.165) is 18.4 Å². The number of ether oxygens (including phenoxy) is 1. The minimum Gasteiger partial charge on any atom is -0.406 e. The lowest BCUT2D eigenvalue weighted by Crippen LogP contribution is -2.35. The van der Waals surface area contributed by atoms with E-state index >= 15 is 0 Å². The molecule has 1 aliphatic heterocycles. The Bertz CT molecular complexity index is 1680. The van der Waals surface area contributed by atoms with Crippen LogP contribution in [0.2, 0.25) is 0 Å². The van der Waals surface area contributed by atoms with Crippen molar-refractivity contribution in [3.05, 3.63) is 117 Å². The summed E-state index contributed by atoms with van der Waals surface area (Å²) < 4.78 is 42.1. The molecule has 1 saturated carbocycles. The predicted octanol–water partition coefficient (Wildman–Crippen LogP) is 5.42. The number of amides is 1. The van der Waals surface area contributed by atoms with E-state index in [1.807, 2.05) is 30.3 Å². The van der Waals surface area contributed by atoms with E-state index in [-0.39, 0.29) is 23.3 Å². The maximum atomic E-state index is 13.5. The molecule has 1 aliphatic carbocycles. The largest absolute Gasteiger partial charge is 0.573 e. The van der Waals surface area contributed by atoms with Gasteiger partial charge in [0.25, 0.3) is 11.5 Å². The first-order chi connectivity index (χ1) is 20.1. The zero-order chi connectivity index (χ0) is 29.5. The third-order valence-corrected chi connectivity index (χ3v) is 7.98. The number of aromatic nitrogens is 2. The van der Waals surface area contributed by atoms with Gasteiger partial charge in [-0.1, -0.05) is 60.7 Å². The number of aromatic amines is 1. The van der Waals surface area contributed by atoms with Crippen molar-refractivity contribution < 1.29 is 27.8 Å². The monoisotopic (exact) mass is 575 g/mol. The van der Waals surface area contributed by atoms with Gasteiger partial charge in [-0.3, -0.25) is 9.59 Å². The number of halogens is 3. The van der Waals surface area contributed by atoms with Crippen molar-refractivity contribution in [1.82, 2.24) is 14.9 Å². The summed E-state index contributed by atoms with van der Waals surface area (Å²) in [6, 6.07) is 21.9. The number of carbonyl (C=O) groups is 1. The standard InChI is InChI=1S/C32H28F3N3O4/c33-32(34,35)42-24-12-5-8-21(18-24)20-7-4-9-22(17-20)27(39)29(41)38-16-6-13-25-26(19-38)36-30(37-28(25)40)31(14-15-31)23-10-2-1-3-11-23/h1-5,7-12,17-18,27,39H,6,13-16,19H2,(H,36,37,40). The Kier molecular flexibility index (Phi) is 7.10. The number of hydrogen-bond donors (Lipinski definition) is 2. The van der Waals surface area contributed by atoms with E-state index < -0.39 is 18.4 Å². The number of aliphatic hydroxyl groups is 1. The topological polar surface area (TPSA) is 95.5 Å². The highest BCUT2D eigenvalue weighted by Gasteiger charge is 2.48. The molecule has 2 N–H and O–H groups in total. The molecule has 4 aromatic rings. The molecular weight excluding hydrogens is 547 g/mol. The number of hydrogen-bond acceptors (Lipinski definition) is 5. The summed E-state index contributed by atoms with van der Waals surface area (Å²) in [7, 11) is 0. The van der Waals surface area contributed by atoms with Crippen LogP contribution in [0.25, 0.3) is 11.1 Å². The average Bonchev–Trinajstić information content (AvgIpc) is 3.81. The first kappa shape index (κ1) is 27.7. The van der Waals surface area contributed by atoms with Gasteiger partial charge in [0.15, 0.2) is 6.10 Å². The number of benzene rings is 3. The van der Waals surface area contributed by atoms with Crippen LogP contribution in [-0.4, -0.2) is 38.8 Å². The Morgan fingerprint density at radius 1 is 1.00 bits per heavy atom. The second-order valence-electron chi connectivity index (χ2n) is 10.8. The highest BCUT2D eigenvalue weighted by atomic mass is 19.4. The van der Waals surface area contributed by atoms with Crippen LogP contribution in [0, 0.1) is 0 Å². The van der Waals surface area contributed by atoms with E-state index in [2.05, 4.69) is 9.72 Å². The molecule has 1 unspecified atom stereocenters. The van der Waals surface area contributed by atoms with Gasteiger partial charge in [-0.25, -0.2) is 4.98 Å². The molecule has 3 aromatic carbocycles. The molecule has 1 fully saturated rings. The third-order valence-electron chi connectivity index (χ3n) is 7.98. The zero-order valence-electron chi connectivity index (χ0n) is 22.5. The molecule has 6 rings (SSSR count). The molecule has 10 heteroatoms. The molecule has 7 nitrogen and oxygen atoms in total. The van der Waals surface area contributed by atoms with Gasteiger partial charge in [0.1, 0.15) is 11.6 Å². The number of H-pyrrole nitrogens is 1. The number of rotatable bonds is 6. The quantitative estimate of drug-likeness (QED) is 0.320. The van der Waals surface area contributed by atoms with Gasteiger partial charge in [0, 0.05) is 12.1 Å². The molecule has 1 amide bonds. The lowest BCUT2D eigenvalue weighted by molar-refractivity contribution is -0.274. The molecule has 0 bridgehead atoms. The van der Waals surface area contributed by atoms with E-state index in [4.69, 9.17) is 4.98 Å². The second-order valence-corrected chi connectivity index (χ2v) is 10.8. The summed E-state index contributed by atoms with van der Waals surface area (Å²) in [4.78, 5) is 36.1. The lowest BCUT2D eigenvalue weighted by Gasteiger charge is -2.24. The van der Waals surface area contributed by atoms with E-state index in [0.29, 0.717) is 53.2 Å². The fourth-order valence-corrected chi connectivity index (χ4v) is 5.68. The molecule has 1 atom stereocenters. The third kappa shape index (κ3) is 5.54. The lowest BCUT2D eigenvalue weighted by atomic mass is 9.94. The molecule has 42 heavy (non-hydrogen) atoms.